The van der Waals surface area contributed by atoms with Crippen molar-refractivity contribution in [3.63, 3.8) is 0 Å². The largest absolute Gasteiger partial charge is 0.330 e. The first kappa shape index (κ1) is 16.5. The summed E-state index contributed by atoms with van der Waals surface area (Å²) in [5.74, 6) is 0.338. The lowest BCUT2D eigenvalue weighted by atomic mass is 9.97. The third-order valence-corrected chi connectivity index (χ3v) is 5.94. The molecule has 0 saturated carbocycles. The van der Waals surface area contributed by atoms with Crippen LogP contribution < -0.4 is 5.73 Å². The number of halogens is 1. The molecule has 1 unspecified atom stereocenters. The lowest BCUT2D eigenvalue weighted by Gasteiger charge is -2.16. The van der Waals surface area contributed by atoms with Gasteiger partial charge < -0.3 is 5.73 Å². The van der Waals surface area contributed by atoms with Gasteiger partial charge in [-0.25, -0.2) is 8.42 Å². The van der Waals surface area contributed by atoms with E-state index in [0.29, 0.717) is 18.0 Å². The molecule has 3 nitrogen and oxygen atoms in total. The summed E-state index contributed by atoms with van der Waals surface area (Å²) in [6, 6.07) is 7.61. The minimum Gasteiger partial charge on any atom is -0.330 e. The Bertz CT molecular complexity index is 500. The smallest absolute Gasteiger partial charge is 0.152 e. The van der Waals surface area contributed by atoms with Crippen LogP contribution in [0.1, 0.15) is 25.8 Å². The van der Waals surface area contributed by atoms with Crippen LogP contribution in [0, 0.1) is 5.92 Å². The van der Waals surface area contributed by atoms with Crippen molar-refractivity contribution >= 4 is 21.4 Å². The molecule has 5 heteroatoms. The van der Waals surface area contributed by atoms with Crippen molar-refractivity contribution in [1.82, 2.24) is 0 Å². The Kier molecular flexibility index (Phi) is 6.30. The molecule has 0 aliphatic heterocycles. The van der Waals surface area contributed by atoms with Gasteiger partial charge in [0.2, 0.25) is 0 Å². The molecule has 2 N–H and O–H groups in total. The summed E-state index contributed by atoms with van der Waals surface area (Å²) < 4.78 is 23.6. The maximum absolute atomic E-state index is 11.8. The molecule has 1 atom stereocenters. The van der Waals surface area contributed by atoms with E-state index < -0.39 is 9.84 Å². The Morgan fingerprint density at radius 3 is 2.42 bits per heavy atom. The van der Waals surface area contributed by atoms with Crippen molar-refractivity contribution in [3.05, 3.63) is 34.9 Å². The Morgan fingerprint density at radius 2 is 1.89 bits per heavy atom. The number of nitrogens with two attached hydrogens (primary N) is 1. The predicted molar refractivity (Wildman–Crippen MR) is 81.2 cm³/mol. The Balaban J connectivity index is 2.63. The summed E-state index contributed by atoms with van der Waals surface area (Å²) in [6.45, 7) is 3.89. The summed E-state index contributed by atoms with van der Waals surface area (Å²) in [6.07, 6.45) is 1.31. The molecular weight excluding hydrogens is 282 g/mol. The zero-order valence-corrected chi connectivity index (χ0v) is 13.0. The highest BCUT2D eigenvalue weighted by Crippen LogP contribution is 2.20. The van der Waals surface area contributed by atoms with Gasteiger partial charge in [-0.2, -0.15) is 0 Å². The summed E-state index contributed by atoms with van der Waals surface area (Å²) >= 11 is 6.11. The third kappa shape index (κ3) is 5.13. The van der Waals surface area contributed by atoms with Crippen molar-refractivity contribution in [2.75, 3.05) is 12.3 Å². The Labute approximate surface area is 121 Å². The van der Waals surface area contributed by atoms with Crippen molar-refractivity contribution in [2.45, 2.75) is 31.9 Å². The molecule has 0 aromatic heterocycles. The van der Waals surface area contributed by atoms with Crippen LogP contribution in [0.3, 0.4) is 0 Å². The summed E-state index contributed by atoms with van der Waals surface area (Å²) in [5, 5.41) is 0.388. The fraction of sp³-hybridized carbons (Fsp3) is 0.571. The van der Waals surface area contributed by atoms with Crippen LogP contribution in [0.15, 0.2) is 24.3 Å². The topological polar surface area (TPSA) is 60.2 Å². The second kappa shape index (κ2) is 7.27. The monoisotopic (exact) mass is 303 g/mol. The van der Waals surface area contributed by atoms with Crippen LogP contribution in [0.4, 0.5) is 0 Å². The van der Waals surface area contributed by atoms with Crippen molar-refractivity contribution < 1.29 is 8.42 Å². The molecule has 0 spiro atoms. The van der Waals surface area contributed by atoms with Crippen LogP contribution in [0.2, 0.25) is 5.02 Å². The molecule has 0 fully saturated rings. The minimum absolute atomic E-state index is 0.147. The predicted octanol–water partition coefficient (Wildman–Crippen LogP) is 2.67. The van der Waals surface area contributed by atoms with E-state index in [1.807, 2.05) is 24.3 Å². The van der Waals surface area contributed by atoms with Gasteiger partial charge in [0, 0.05) is 5.02 Å². The van der Waals surface area contributed by atoms with Gasteiger partial charge in [-0.3, -0.25) is 0 Å². The van der Waals surface area contributed by atoms with Crippen LogP contribution in [0.5, 0.6) is 0 Å². The number of sulfone groups is 1. The SMILES string of the molecule is CC(C)S(=O)(=O)CCC(CN)Cc1ccccc1Cl. The van der Waals surface area contributed by atoms with Gasteiger partial charge in [-0.15, -0.1) is 0 Å². The highest BCUT2D eigenvalue weighted by atomic mass is 35.5. The molecule has 1 aromatic carbocycles. The van der Waals surface area contributed by atoms with Crippen molar-refractivity contribution in [1.29, 1.82) is 0 Å². The average Bonchev–Trinajstić information content (AvgIpc) is 2.36. The Hall–Kier alpha value is -0.580. The molecular formula is C14H22ClNO2S. The van der Waals surface area contributed by atoms with E-state index in [9.17, 15) is 8.42 Å². The molecule has 0 saturated heterocycles. The average molecular weight is 304 g/mol. The lowest BCUT2D eigenvalue weighted by molar-refractivity contribution is 0.510. The van der Waals surface area contributed by atoms with E-state index in [1.165, 1.54) is 0 Å². The fourth-order valence-electron chi connectivity index (χ4n) is 1.84. The quantitative estimate of drug-likeness (QED) is 0.842. The van der Waals surface area contributed by atoms with E-state index in [0.717, 1.165) is 12.0 Å². The first-order valence-corrected chi connectivity index (χ1v) is 8.61. The van der Waals surface area contributed by atoms with E-state index in [-0.39, 0.29) is 16.9 Å². The molecule has 0 radical (unpaired) electrons. The van der Waals surface area contributed by atoms with Gasteiger partial charge in [0.05, 0.1) is 11.0 Å². The standard InChI is InChI=1S/C14H22ClNO2S/c1-11(2)19(17,18)8-7-12(10-16)9-13-5-3-4-6-14(13)15/h3-6,11-12H,7-10,16H2,1-2H3. The minimum atomic E-state index is -2.99. The Morgan fingerprint density at radius 1 is 1.26 bits per heavy atom. The molecule has 0 aliphatic rings. The van der Waals surface area contributed by atoms with Crippen LogP contribution >= 0.6 is 11.6 Å². The second-order valence-electron chi connectivity index (χ2n) is 5.10. The van der Waals surface area contributed by atoms with E-state index >= 15 is 0 Å². The molecule has 0 aliphatic carbocycles. The molecule has 1 aromatic rings. The highest BCUT2D eigenvalue weighted by molar-refractivity contribution is 7.91. The van der Waals surface area contributed by atoms with Crippen LogP contribution in [-0.2, 0) is 16.3 Å². The summed E-state index contributed by atoms with van der Waals surface area (Å²) in [7, 11) is -2.99. The van der Waals surface area contributed by atoms with Gasteiger partial charge in [-0.05, 0) is 50.8 Å². The second-order valence-corrected chi connectivity index (χ2v) is 8.19. The molecule has 1 rings (SSSR count). The molecule has 108 valence electrons. The number of rotatable bonds is 7. The van der Waals surface area contributed by atoms with Gasteiger partial charge in [0.25, 0.3) is 0 Å². The van der Waals surface area contributed by atoms with Gasteiger partial charge in [-0.1, -0.05) is 29.8 Å². The van der Waals surface area contributed by atoms with Crippen LogP contribution in [-0.4, -0.2) is 26.0 Å². The molecule has 0 heterocycles. The maximum atomic E-state index is 11.8. The molecule has 0 bridgehead atoms. The highest BCUT2D eigenvalue weighted by Gasteiger charge is 2.19. The van der Waals surface area contributed by atoms with Gasteiger partial charge in [0.15, 0.2) is 9.84 Å². The summed E-state index contributed by atoms with van der Waals surface area (Å²) in [4.78, 5) is 0. The maximum Gasteiger partial charge on any atom is 0.152 e. The zero-order chi connectivity index (χ0) is 14.5. The van der Waals surface area contributed by atoms with Gasteiger partial charge in [0.1, 0.15) is 0 Å². The van der Waals surface area contributed by atoms with E-state index in [4.69, 9.17) is 17.3 Å². The van der Waals surface area contributed by atoms with Crippen molar-refractivity contribution in [3.8, 4) is 0 Å². The normalized spacial score (nSPS) is 13.7. The molecule has 19 heavy (non-hydrogen) atoms. The molecule has 0 amide bonds. The third-order valence-electron chi connectivity index (χ3n) is 3.33. The fourth-order valence-corrected chi connectivity index (χ4v) is 3.19. The number of benzene rings is 1. The van der Waals surface area contributed by atoms with E-state index in [1.54, 1.807) is 13.8 Å². The van der Waals surface area contributed by atoms with Crippen molar-refractivity contribution in [2.24, 2.45) is 11.7 Å². The number of hydrogen-bond donors (Lipinski definition) is 1. The summed E-state index contributed by atoms with van der Waals surface area (Å²) in [5.41, 5.74) is 6.77. The zero-order valence-electron chi connectivity index (χ0n) is 11.5. The first-order chi connectivity index (χ1) is 8.86. The lowest BCUT2D eigenvalue weighted by Crippen LogP contribution is -2.24. The van der Waals surface area contributed by atoms with Crippen LogP contribution in [0.25, 0.3) is 0 Å². The first-order valence-electron chi connectivity index (χ1n) is 6.52. The number of hydrogen-bond acceptors (Lipinski definition) is 3. The van der Waals surface area contributed by atoms with Gasteiger partial charge >= 0.3 is 0 Å². The van der Waals surface area contributed by atoms with E-state index in [2.05, 4.69) is 0 Å².